The highest BCUT2D eigenvalue weighted by Crippen LogP contribution is 2.26. The Labute approximate surface area is 137 Å². The van der Waals surface area contributed by atoms with Crippen molar-refractivity contribution >= 4 is 11.8 Å². The van der Waals surface area contributed by atoms with Gasteiger partial charge in [-0.05, 0) is 18.9 Å². The molecule has 132 valence electrons. The summed E-state index contributed by atoms with van der Waals surface area (Å²) in [4.78, 5) is 24.9. The second kappa shape index (κ2) is 8.03. The minimum atomic E-state index is -4.78. The van der Waals surface area contributed by atoms with Crippen LogP contribution in [0, 0.1) is 0 Å². The van der Waals surface area contributed by atoms with Gasteiger partial charge in [-0.2, -0.15) is 0 Å². The molecule has 1 aliphatic heterocycles. The molecule has 1 N–H and O–H groups in total. The molecule has 0 atom stereocenters. The first-order valence-corrected chi connectivity index (χ1v) is 7.73. The monoisotopic (exact) mass is 344 g/mol. The number of halogens is 3. The van der Waals surface area contributed by atoms with E-state index in [1.807, 2.05) is 0 Å². The molecule has 0 spiro atoms. The molecule has 0 aliphatic carbocycles. The van der Waals surface area contributed by atoms with Crippen molar-refractivity contribution in [1.29, 1.82) is 0 Å². The zero-order valence-corrected chi connectivity index (χ0v) is 13.1. The van der Waals surface area contributed by atoms with Gasteiger partial charge in [-0.1, -0.05) is 18.2 Å². The van der Waals surface area contributed by atoms with Crippen LogP contribution in [0.5, 0.6) is 5.75 Å². The average molecular weight is 344 g/mol. The Balaban J connectivity index is 1.76. The van der Waals surface area contributed by atoms with Crippen molar-refractivity contribution in [3.63, 3.8) is 0 Å². The van der Waals surface area contributed by atoms with E-state index in [1.165, 1.54) is 18.2 Å². The number of alkyl halides is 3. The van der Waals surface area contributed by atoms with Crippen molar-refractivity contribution in [3.8, 4) is 5.75 Å². The molecular weight excluding hydrogens is 325 g/mol. The lowest BCUT2D eigenvalue weighted by Crippen LogP contribution is -2.28. The molecule has 0 radical (unpaired) electrons. The second-order valence-corrected chi connectivity index (χ2v) is 5.52. The summed E-state index contributed by atoms with van der Waals surface area (Å²) in [6, 6.07) is 5.67. The Bertz CT molecular complexity index is 590. The summed E-state index contributed by atoms with van der Waals surface area (Å²) in [5, 5.41) is 2.57. The summed E-state index contributed by atoms with van der Waals surface area (Å²) in [6.45, 7) is 1.20. The number of para-hydroxylation sites is 1. The number of hydrogen-bond donors (Lipinski definition) is 1. The number of likely N-dealkylation sites (tertiary alicyclic amines) is 1. The van der Waals surface area contributed by atoms with E-state index in [0.717, 1.165) is 13.0 Å². The van der Waals surface area contributed by atoms with Crippen LogP contribution in [0.1, 0.15) is 31.2 Å². The molecular formula is C16H19F3N2O3. The van der Waals surface area contributed by atoms with E-state index in [-0.39, 0.29) is 36.1 Å². The lowest BCUT2D eigenvalue weighted by atomic mass is 10.2. The van der Waals surface area contributed by atoms with Crippen LogP contribution in [0.25, 0.3) is 0 Å². The molecule has 1 aliphatic rings. The highest BCUT2D eigenvalue weighted by molar-refractivity contribution is 5.78. The number of ether oxygens (including phenoxy) is 1. The molecule has 1 saturated heterocycles. The van der Waals surface area contributed by atoms with Crippen LogP contribution < -0.4 is 10.1 Å². The number of carbonyl (C=O) groups excluding carboxylic acids is 2. The van der Waals surface area contributed by atoms with Gasteiger partial charge in [0.05, 0.1) is 0 Å². The van der Waals surface area contributed by atoms with E-state index in [2.05, 4.69) is 10.1 Å². The Hall–Kier alpha value is -2.25. The van der Waals surface area contributed by atoms with Crippen LogP contribution in [0.3, 0.4) is 0 Å². The third kappa shape index (κ3) is 5.75. The molecule has 24 heavy (non-hydrogen) atoms. The largest absolute Gasteiger partial charge is 0.573 e. The van der Waals surface area contributed by atoms with E-state index >= 15 is 0 Å². The van der Waals surface area contributed by atoms with Crippen LogP contribution in [0.15, 0.2) is 24.3 Å². The molecule has 1 aromatic rings. The highest BCUT2D eigenvalue weighted by Gasteiger charge is 2.32. The Morgan fingerprint density at radius 1 is 1.29 bits per heavy atom. The molecule has 2 rings (SSSR count). The van der Waals surface area contributed by atoms with E-state index in [4.69, 9.17) is 0 Å². The molecule has 0 bridgehead atoms. The van der Waals surface area contributed by atoms with Crippen molar-refractivity contribution in [2.75, 3.05) is 13.1 Å². The van der Waals surface area contributed by atoms with Crippen molar-refractivity contribution in [2.45, 2.75) is 38.6 Å². The maximum atomic E-state index is 12.3. The van der Waals surface area contributed by atoms with Crippen LogP contribution >= 0.6 is 0 Å². The van der Waals surface area contributed by atoms with Crippen molar-refractivity contribution in [2.24, 2.45) is 0 Å². The lowest BCUT2D eigenvalue weighted by molar-refractivity contribution is -0.274. The van der Waals surface area contributed by atoms with Crippen molar-refractivity contribution in [1.82, 2.24) is 10.2 Å². The molecule has 0 unspecified atom stereocenters. The third-order valence-electron chi connectivity index (χ3n) is 3.68. The lowest BCUT2D eigenvalue weighted by Gasteiger charge is -2.15. The predicted octanol–water partition coefficient (Wildman–Crippen LogP) is 2.60. The quantitative estimate of drug-likeness (QED) is 0.827. The zero-order chi connectivity index (χ0) is 17.6. The van der Waals surface area contributed by atoms with Gasteiger partial charge in [-0.25, -0.2) is 0 Å². The van der Waals surface area contributed by atoms with E-state index in [9.17, 15) is 22.8 Å². The standard InChI is InChI=1S/C16H19F3N2O3/c17-16(18,19)24-13-6-2-1-5-12(13)11-20-14(22)7-3-9-21-10-4-8-15(21)23/h1-2,5-6H,3-4,7-11H2,(H,20,22). The summed E-state index contributed by atoms with van der Waals surface area (Å²) in [5.74, 6) is -0.495. The van der Waals surface area contributed by atoms with Crippen LogP contribution in [0.4, 0.5) is 13.2 Å². The maximum Gasteiger partial charge on any atom is 0.573 e. The van der Waals surface area contributed by atoms with Gasteiger partial charge in [0.2, 0.25) is 11.8 Å². The maximum absolute atomic E-state index is 12.3. The van der Waals surface area contributed by atoms with Gasteiger partial charge in [0.15, 0.2) is 0 Å². The SMILES string of the molecule is O=C(CCCN1CCCC1=O)NCc1ccccc1OC(F)(F)F. The highest BCUT2D eigenvalue weighted by atomic mass is 19.4. The van der Waals surface area contributed by atoms with Gasteiger partial charge in [-0.15, -0.1) is 13.2 Å². The Morgan fingerprint density at radius 2 is 2.04 bits per heavy atom. The van der Waals surface area contributed by atoms with E-state index in [1.54, 1.807) is 11.0 Å². The Morgan fingerprint density at radius 3 is 2.71 bits per heavy atom. The fourth-order valence-corrected chi connectivity index (χ4v) is 2.53. The summed E-state index contributed by atoms with van der Waals surface area (Å²) in [7, 11) is 0. The molecule has 2 amide bonds. The normalized spacial score (nSPS) is 14.8. The fraction of sp³-hybridized carbons (Fsp3) is 0.500. The van der Waals surface area contributed by atoms with E-state index < -0.39 is 6.36 Å². The average Bonchev–Trinajstić information content (AvgIpc) is 2.90. The van der Waals surface area contributed by atoms with Gasteiger partial charge in [0.25, 0.3) is 0 Å². The van der Waals surface area contributed by atoms with Gasteiger partial charge >= 0.3 is 6.36 Å². The number of amides is 2. The molecule has 1 fully saturated rings. The minimum Gasteiger partial charge on any atom is -0.405 e. The van der Waals surface area contributed by atoms with Crippen LogP contribution in [-0.4, -0.2) is 36.2 Å². The third-order valence-corrected chi connectivity index (χ3v) is 3.68. The first-order chi connectivity index (χ1) is 11.3. The first kappa shape index (κ1) is 18.1. The van der Waals surface area contributed by atoms with Crippen LogP contribution in [0.2, 0.25) is 0 Å². The van der Waals surface area contributed by atoms with E-state index in [0.29, 0.717) is 19.4 Å². The fourth-order valence-electron chi connectivity index (χ4n) is 2.53. The molecule has 0 aromatic heterocycles. The summed E-state index contributed by atoms with van der Waals surface area (Å²) in [5.41, 5.74) is 0.248. The smallest absolute Gasteiger partial charge is 0.405 e. The van der Waals surface area contributed by atoms with Crippen molar-refractivity contribution in [3.05, 3.63) is 29.8 Å². The minimum absolute atomic E-state index is 0.0479. The molecule has 1 aromatic carbocycles. The molecule has 5 nitrogen and oxygen atoms in total. The first-order valence-electron chi connectivity index (χ1n) is 7.73. The van der Waals surface area contributed by atoms with Gasteiger partial charge < -0.3 is 15.0 Å². The zero-order valence-electron chi connectivity index (χ0n) is 13.1. The second-order valence-electron chi connectivity index (χ2n) is 5.52. The number of carbonyl (C=O) groups is 2. The predicted molar refractivity (Wildman–Crippen MR) is 80.0 cm³/mol. The summed E-state index contributed by atoms with van der Waals surface area (Å²) in [6.07, 6.45) is -2.63. The number of rotatable bonds is 7. The van der Waals surface area contributed by atoms with Crippen LogP contribution in [-0.2, 0) is 16.1 Å². The molecule has 8 heteroatoms. The number of hydrogen-bond acceptors (Lipinski definition) is 3. The van der Waals surface area contributed by atoms with Gasteiger partial charge in [-0.3, -0.25) is 9.59 Å². The summed E-state index contributed by atoms with van der Waals surface area (Å²) < 4.78 is 40.9. The Kier molecular flexibility index (Phi) is 6.05. The summed E-state index contributed by atoms with van der Waals surface area (Å²) >= 11 is 0. The number of nitrogens with one attached hydrogen (secondary N) is 1. The van der Waals surface area contributed by atoms with Gasteiger partial charge in [0.1, 0.15) is 5.75 Å². The number of benzene rings is 1. The molecule has 1 heterocycles. The molecule has 0 saturated carbocycles. The topological polar surface area (TPSA) is 58.6 Å². The number of nitrogens with zero attached hydrogens (tertiary/aromatic N) is 1. The van der Waals surface area contributed by atoms with Gasteiger partial charge in [0, 0.05) is 38.0 Å². The van der Waals surface area contributed by atoms with Crippen molar-refractivity contribution < 1.29 is 27.5 Å².